The highest BCUT2D eigenvalue weighted by atomic mass is 16.7. The van der Waals surface area contributed by atoms with E-state index in [-0.39, 0.29) is 19.1 Å². The van der Waals surface area contributed by atoms with Crippen molar-refractivity contribution in [3.63, 3.8) is 0 Å². The Balaban J connectivity index is 2.72. The zero-order valence-electron chi connectivity index (χ0n) is 12.2. The molecule has 0 fully saturated rings. The summed E-state index contributed by atoms with van der Waals surface area (Å²) in [5, 5.41) is 1.10. The van der Waals surface area contributed by atoms with Crippen molar-refractivity contribution in [2.45, 2.75) is 39.8 Å². The van der Waals surface area contributed by atoms with Gasteiger partial charge in [-0.05, 0) is 18.9 Å². The highest BCUT2D eigenvalue weighted by Gasteiger charge is 2.28. The molecule has 110 valence electrons. The molecule has 1 atom stereocenters. The quantitative estimate of drug-likeness (QED) is 0.567. The number of amides is 1. The Labute approximate surface area is 119 Å². The van der Waals surface area contributed by atoms with E-state index in [4.69, 9.17) is 9.57 Å². The molecule has 0 aliphatic heterocycles. The highest BCUT2D eigenvalue weighted by molar-refractivity contribution is 5.82. The zero-order chi connectivity index (χ0) is 15.0. The van der Waals surface area contributed by atoms with Crippen LogP contribution >= 0.6 is 0 Å². The number of benzene rings is 1. The molecule has 0 radical (unpaired) electrons. The number of carbonyl (C=O) groups excluding carboxylic acids is 2. The van der Waals surface area contributed by atoms with Crippen molar-refractivity contribution >= 4 is 11.9 Å². The minimum atomic E-state index is -0.712. The second-order valence-corrected chi connectivity index (χ2v) is 4.28. The molecule has 0 saturated heterocycles. The normalized spacial score (nSPS) is 11.8. The fraction of sp³-hybridized carbons (Fsp3) is 0.467. The van der Waals surface area contributed by atoms with Crippen molar-refractivity contribution in [3.05, 3.63) is 35.9 Å². The van der Waals surface area contributed by atoms with Gasteiger partial charge < -0.3 is 4.74 Å². The molecule has 0 bridgehead atoms. The van der Waals surface area contributed by atoms with Crippen LogP contribution in [0.25, 0.3) is 0 Å². The van der Waals surface area contributed by atoms with Gasteiger partial charge in [0.05, 0.1) is 6.61 Å². The van der Waals surface area contributed by atoms with Crippen LogP contribution in [0.5, 0.6) is 0 Å². The molecule has 0 aliphatic carbocycles. The van der Waals surface area contributed by atoms with Crippen LogP contribution in [0.2, 0.25) is 0 Å². The second kappa shape index (κ2) is 8.32. The topological polar surface area (TPSA) is 55.8 Å². The number of hydroxylamine groups is 2. The molecule has 5 nitrogen and oxygen atoms in total. The van der Waals surface area contributed by atoms with Crippen LogP contribution in [-0.2, 0) is 25.8 Å². The molecule has 0 N–H and O–H groups in total. The van der Waals surface area contributed by atoms with Crippen molar-refractivity contribution in [3.8, 4) is 0 Å². The summed E-state index contributed by atoms with van der Waals surface area (Å²) in [6, 6.07) is 8.75. The third kappa shape index (κ3) is 4.66. The van der Waals surface area contributed by atoms with Gasteiger partial charge in [0.2, 0.25) is 5.91 Å². The Morgan fingerprint density at radius 3 is 2.35 bits per heavy atom. The lowest BCUT2D eigenvalue weighted by molar-refractivity contribution is -0.212. The molecule has 1 aromatic rings. The number of hydrogen-bond donors (Lipinski definition) is 0. The molecular formula is C15H21NO4. The summed E-state index contributed by atoms with van der Waals surface area (Å²) in [5.41, 5.74) is 0.928. The number of rotatable bonds is 7. The van der Waals surface area contributed by atoms with Crippen LogP contribution < -0.4 is 0 Å². The average molecular weight is 279 g/mol. The Kier molecular flexibility index (Phi) is 6.73. The zero-order valence-corrected chi connectivity index (χ0v) is 12.2. The van der Waals surface area contributed by atoms with Gasteiger partial charge in [-0.3, -0.25) is 9.63 Å². The highest BCUT2D eigenvalue weighted by Crippen LogP contribution is 2.11. The summed E-state index contributed by atoms with van der Waals surface area (Å²) in [4.78, 5) is 29.0. The third-order valence-corrected chi connectivity index (χ3v) is 2.75. The summed E-state index contributed by atoms with van der Waals surface area (Å²) in [7, 11) is 0. The molecule has 20 heavy (non-hydrogen) atoms. The number of hydrogen-bond acceptors (Lipinski definition) is 4. The maximum atomic E-state index is 11.8. The van der Waals surface area contributed by atoms with E-state index in [1.807, 2.05) is 37.3 Å². The lowest BCUT2D eigenvalue weighted by Gasteiger charge is -2.27. The standard InChI is InChI=1S/C15H21NO4/c1-4-14(15(18)19-5-2)16(12(3)17)20-11-13-9-7-6-8-10-13/h6-10,14H,4-5,11H2,1-3H3. The van der Waals surface area contributed by atoms with Gasteiger partial charge in [0.25, 0.3) is 0 Å². The minimum Gasteiger partial charge on any atom is -0.464 e. The fourth-order valence-corrected chi connectivity index (χ4v) is 1.79. The number of nitrogens with zero attached hydrogens (tertiary/aromatic N) is 1. The van der Waals surface area contributed by atoms with Gasteiger partial charge >= 0.3 is 5.97 Å². The lowest BCUT2D eigenvalue weighted by Crippen LogP contribution is -2.44. The van der Waals surface area contributed by atoms with Gasteiger partial charge in [0.1, 0.15) is 6.61 Å². The molecule has 0 spiro atoms. The average Bonchev–Trinajstić information content (AvgIpc) is 2.44. The van der Waals surface area contributed by atoms with Crippen LogP contribution in [0.4, 0.5) is 0 Å². The molecule has 0 heterocycles. The summed E-state index contributed by atoms with van der Waals surface area (Å²) in [6.07, 6.45) is 0.438. The second-order valence-electron chi connectivity index (χ2n) is 4.28. The van der Waals surface area contributed by atoms with Crippen molar-refractivity contribution in [1.82, 2.24) is 5.06 Å². The summed E-state index contributed by atoms with van der Waals surface area (Å²) >= 11 is 0. The minimum absolute atomic E-state index is 0.232. The Morgan fingerprint density at radius 2 is 1.85 bits per heavy atom. The molecule has 0 aliphatic rings. The summed E-state index contributed by atoms with van der Waals surface area (Å²) < 4.78 is 4.97. The molecule has 5 heteroatoms. The van der Waals surface area contributed by atoms with E-state index >= 15 is 0 Å². The first kappa shape index (κ1) is 16.2. The maximum absolute atomic E-state index is 11.8. The van der Waals surface area contributed by atoms with E-state index in [9.17, 15) is 9.59 Å². The summed E-state index contributed by atoms with van der Waals surface area (Å²) in [5.74, 6) is -0.765. The van der Waals surface area contributed by atoms with E-state index in [0.717, 1.165) is 10.6 Å². The molecule has 1 unspecified atom stereocenters. The fourth-order valence-electron chi connectivity index (χ4n) is 1.79. The van der Waals surface area contributed by atoms with E-state index in [1.165, 1.54) is 6.92 Å². The van der Waals surface area contributed by atoms with Crippen LogP contribution in [0.3, 0.4) is 0 Å². The molecule has 1 amide bonds. The van der Waals surface area contributed by atoms with Crippen LogP contribution in [0, 0.1) is 0 Å². The van der Waals surface area contributed by atoms with Crippen molar-refractivity contribution < 1.29 is 19.2 Å². The molecule has 1 rings (SSSR count). The van der Waals surface area contributed by atoms with E-state index in [0.29, 0.717) is 6.42 Å². The van der Waals surface area contributed by atoms with Crippen molar-refractivity contribution in [2.24, 2.45) is 0 Å². The van der Waals surface area contributed by atoms with Crippen LogP contribution in [0.15, 0.2) is 30.3 Å². The SMILES string of the molecule is CCOC(=O)C(CC)N(OCc1ccccc1)C(C)=O. The van der Waals surface area contributed by atoms with Gasteiger partial charge in [0, 0.05) is 6.92 Å². The molecule has 1 aromatic carbocycles. The third-order valence-electron chi connectivity index (χ3n) is 2.75. The lowest BCUT2D eigenvalue weighted by atomic mass is 10.2. The predicted molar refractivity (Wildman–Crippen MR) is 74.5 cm³/mol. The monoisotopic (exact) mass is 279 g/mol. The number of esters is 1. The van der Waals surface area contributed by atoms with Gasteiger partial charge in [-0.25, -0.2) is 9.86 Å². The van der Waals surface area contributed by atoms with Crippen molar-refractivity contribution in [1.29, 1.82) is 0 Å². The number of ether oxygens (including phenoxy) is 1. The predicted octanol–water partition coefficient (Wildman–Crippen LogP) is 2.31. The van der Waals surface area contributed by atoms with Crippen LogP contribution in [-0.4, -0.2) is 29.6 Å². The van der Waals surface area contributed by atoms with E-state index in [1.54, 1.807) is 6.92 Å². The molecule has 0 aromatic heterocycles. The Hall–Kier alpha value is -1.88. The Bertz CT molecular complexity index is 433. The van der Waals surface area contributed by atoms with Crippen molar-refractivity contribution in [2.75, 3.05) is 6.61 Å². The largest absolute Gasteiger partial charge is 0.464 e. The maximum Gasteiger partial charge on any atom is 0.331 e. The first-order valence-electron chi connectivity index (χ1n) is 6.73. The molecule has 0 saturated carbocycles. The first-order valence-corrected chi connectivity index (χ1v) is 6.73. The molecular weight excluding hydrogens is 258 g/mol. The van der Waals surface area contributed by atoms with Gasteiger partial charge in [-0.2, -0.15) is 0 Å². The van der Waals surface area contributed by atoms with E-state index in [2.05, 4.69) is 0 Å². The van der Waals surface area contributed by atoms with Gasteiger partial charge in [0.15, 0.2) is 6.04 Å². The first-order chi connectivity index (χ1) is 9.60. The van der Waals surface area contributed by atoms with Gasteiger partial charge in [-0.1, -0.05) is 37.3 Å². The van der Waals surface area contributed by atoms with E-state index < -0.39 is 12.0 Å². The summed E-state index contributed by atoms with van der Waals surface area (Å²) in [6.45, 7) is 5.42. The Morgan fingerprint density at radius 1 is 1.20 bits per heavy atom. The van der Waals surface area contributed by atoms with Crippen LogP contribution in [0.1, 0.15) is 32.8 Å². The van der Waals surface area contributed by atoms with Gasteiger partial charge in [-0.15, -0.1) is 0 Å². The number of carbonyl (C=O) groups is 2. The smallest absolute Gasteiger partial charge is 0.331 e.